The molecule has 2 atom stereocenters. The summed E-state index contributed by atoms with van der Waals surface area (Å²) >= 11 is 0. The Kier molecular flexibility index (Phi) is 6.88. The summed E-state index contributed by atoms with van der Waals surface area (Å²) in [4.78, 5) is 30.8. The molecule has 1 unspecified atom stereocenters. The van der Waals surface area contributed by atoms with Crippen molar-refractivity contribution in [1.82, 2.24) is 19.8 Å². The van der Waals surface area contributed by atoms with Crippen LogP contribution in [0.3, 0.4) is 0 Å². The molecule has 0 aliphatic carbocycles. The molecule has 214 valence electrons. The lowest BCUT2D eigenvalue weighted by molar-refractivity contribution is -0.214. The molecule has 1 aromatic heterocycles. The van der Waals surface area contributed by atoms with Gasteiger partial charge >= 0.3 is 6.01 Å². The summed E-state index contributed by atoms with van der Waals surface area (Å²) in [7, 11) is 0. The molecule has 1 N–H and O–H groups in total. The van der Waals surface area contributed by atoms with Gasteiger partial charge in [-0.05, 0) is 30.4 Å². The smallest absolute Gasteiger partial charge is 0.318 e. The van der Waals surface area contributed by atoms with E-state index in [0.717, 1.165) is 72.6 Å². The molecule has 4 aliphatic heterocycles. The minimum atomic E-state index is -0.0330. The normalized spacial score (nSPS) is 22.0. The van der Waals surface area contributed by atoms with Gasteiger partial charge in [-0.25, -0.2) is 0 Å². The van der Waals surface area contributed by atoms with Crippen molar-refractivity contribution in [2.75, 3.05) is 68.8 Å². The zero-order valence-corrected chi connectivity index (χ0v) is 23.2. The van der Waals surface area contributed by atoms with Crippen molar-refractivity contribution >= 4 is 28.2 Å². The van der Waals surface area contributed by atoms with E-state index >= 15 is 0 Å². The molecule has 3 aromatic rings. The number of phenolic OH excluding ortho intramolecular Hbond substituents is 1. The van der Waals surface area contributed by atoms with Crippen LogP contribution in [0.5, 0.6) is 11.8 Å². The number of ether oxygens (including phenoxy) is 2. The third-order valence-electron chi connectivity index (χ3n) is 8.87. The van der Waals surface area contributed by atoms with Crippen LogP contribution in [0, 0.1) is 0 Å². The van der Waals surface area contributed by atoms with E-state index in [4.69, 9.17) is 19.4 Å². The number of phenols is 1. The molecule has 0 saturated carbocycles. The number of morpholine rings is 1. The van der Waals surface area contributed by atoms with E-state index in [1.54, 1.807) is 6.07 Å². The predicted octanol–water partition coefficient (Wildman–Crippen LogP) is 2.58. The molecule has 3 saturated heterocycles. The summed E-state index contributed by atoms with van der Waals surface area (Å²) in [5.41, 5.74) is 3.09. The summed E-state index contributed by atoms with van der Waals surface area (Å²) in [6.07, 6.45) is 3.51. The Morgan fingerprint density at radius 2 is 1.98 bits per heavy atom. The van der Waals surface area contributed by atoms with Gasteiger partial charge in [-0.2, -0.15) is 9.97 Å². The maximum absolute atomic E-state index is 12.2. The predicted molar refractivity (Wildman–Crippen MR) is 157 cm³/mol. The molecule has 3 fully saturated rings. The fourth-order valence-electron chi connectivity index (χ4n) is 6.47. The van der Waals surface area contributed by atoms with Crippen LogP contribution in [0.4, 0.5) is 11.5 Å². The summed E-state index contributed by atoms with van der Waals surface area (Å²) in [6, 6.07) is 12.8. The summed E-state index contributed by atoms with van der Waals surface area (Å²) < 4.78 is 11.7. The van der Waals surface area contributed by atoms with E-state index < -0.39 is 0 Å². The molecule has 2 aromatic carbocycles. The molecule has 0 bridgehead atoms. The maximum atomic E-state index is 12.2. The van der Waals surface area contributed by atoms with Crippen molar-refractivity contribution in [3.05, 3.63) is 60.3 Å². The minimum absolute atomic E-state index is 0.0330. The van der Waals surface area contributed by atoms with E-state index in [9.17, 15) is 9.90 Å². The van der Waals surface area contributed by atoms with Gasteiger partial charge in [0.05, 0.1) is 37.6 Å². The van der Waals surface area contributed by atoms with Gasteiger partial charge in [0.25, 0.3) is 0 Å². The van der Waals surface area contributed by atoms with Gasteiger partial charge in [0.1, 0.15) is 11.6 Å². The number of hydrogen-bond donors (Lipinski definition) is 1. The Morgan fingerprint density at radius 3 is 2.73 bits per heavy atom. The molecule has 4 aliphatic rings. The van der Waals surface area contributed by atoms with Crippen LogP contribution in [-0.4, -0.2) is 102 Å². The number of piperazine rings is 1. The van der Waals surface area contributed by atoms with Gasteiger partial charge in [0, 0.05) is 68.5 Å². The first kappa shape index (κ1) is 26.0. The van der Waals surface area contributed by atoms with Gasteiger partial charge in [-0.15, -0.1) is 0 Å². The largest absolute Gasteiger partial charge is 0.508 e. The summed E-state index contributed by atoms with van der Waals surface area (Å²) in [5, 5.41) is 12.6. The van der Waals surface area contributed by atoms with Crippen molar-refractivity contribution in [3.8, 4) is 11.8 Å². The molecule has 1 amide bonds. The second-order valence-corrected chi connectivity index (χ2v) is 11.3. The van der Waals surface area contributed by atoms with E-state index in [0.29, 0.717) is 57.5 Å². The second kappa shape index (κ2) is 10.8. The molecular formula is C31H36N6O4. The molecular weight excluding hydrogens is 520 g/mol. The van der Waals surface area contributed by atoms with Crippen molar-refractivity contribution < 1.29 is 19.4 Å². The van der Waals surface area contributed by atoms with E-state index in [-0.39, 0.29) is 11.7 Å². The molecule has 10 nitrogen and oxygen atoms in total. The number of amides is 1. The van der Waals surface area contributed by atoms with Crippen molar-refractivity contribution in [1.29, 1.82) is 0 Å². The van der Waals surface area contributed by atoms with E-state index in [2.05, 4.69) is 27.3 Å². The van der Waals surface area contributed by atoms with Crippen LogP contribution in [-0.2, 0) is 22.5 Å². The highest BCUT2D eigenvalue weighted by atomic mass is 16.5. The van der Waals surface area contributed by atoms with Gasteiger partial charge in [-0.1, -0.05) is 30.8 Å². The SMILES string of the molecule is C=CC(=O)N1CCN(c2nc(OCCCN3C[C@@H]4OCC43)nc3c2CCN(c2cc(O)cc4ccccc24)C3)CC1. The first-order valence-corrected chi connectivity index (χ1v) is 14.6. The van der Waals surface area contributed by atoms with Crippen LogP contribution in [0.25, 0.3) is 10.8 Å². The highest BCUT2D eigenvalue weighted by molar-refractivity contribution is 5.95. The lowest BCUT2D eigenvalue weighted by atomic mass is 9.95. The fourth-order valence-corrected chi connectivity index (χ4v) is 6.47. The van der Waals surface area contributed by atoms with Crippen LogP contribution in [0.1, 0.15) is 17.7 Å². The Hall–Kier alpha value is -3.89. The van der Waals surface area contributed by atoms with E-state index in [1.807, 2.05) is 29.2 Å². The van der Waals surface area contributed by atoms with Gasteiger partial charge < -0.3 is 29.3 Å². The molecule has 0 spiro atoms. The first-order chi connectivity index (χ1) is 20.1. The van der Waals surface area contributed by atoms with Crippen molar-refractivity contribution in [2.45, 2.75) is 31.5 Å². The monoisotopic (exact) mass is 556 g/mol. The highest BCUT2D eigenvalue weighted by Crippen LogP contribution is 2.36. The number of rotatable bonds is 8. The number of anilines is 2. The Balaban J connectivity index is 1.13. The molecule has 0 radical (unpaired) electrons. The van der Waals surface area contributed by atoms with Gasteiger partial charge in [0.2, 0.25) is 5.91 Å². The van der Waals surface area contributed by atoms with E-state index in [1.165, 1.54) is 6.08 Å². The third kappa shape index (κ3) is 4.95. The number of likely N-dealkylation sites (tertiary alicyclic amines) is 1. The Bertz CT molecular complexity index is 1470. The zero-order valence-electron chi connectivity index (χ0n) is 23.2. The number of benzene rings is 2. The fraction of sp³-hybridized carbons (Fsp3) is 0.452. The Labute approximate surface area is 239 Å². The maximum Gasteiger partial charge on any atom is 0.318 e. The number of nitrogens with zero attached hydrogens (tertiary/aromatic N) is 6. The van der Waals surface area contributed by atoms with Crippen molar-refractivity contribution in [3.63, 3.8) is 0 Å². The molecule has 41 heavy (non-hydrogen) atoms. The topological polar surface area (TPSA) is 94.5 Å². The number of fused-ring (bicyclic) bond motifs is 3. The quantitative estimate of drug-likeness (QED) is 0.332. The molecule has 7 rings (SSSR count). The highest BCUT2D eigenvalue weighted by Gasteiger charge is 2.46. The van der Waals surface area contributed by atoms with Crippen molar-refractivity contribution in [2.24, 2.45) is 0 Å². The molecule has 10 heteroatoms. The zero-order chi connectivity index (χ0) is 27.9. The second-order valence-electron chi connectivity index (χ2n) is 11.3. The number of aromatic hydroxyl groups is 1. The number of carbonyl (C=O) groups excluding carboxylic acids is 1. The van der Waals surface area contributed by atoms with Crippen LogP contribution in [0.2, 0.25) is 0 Å². The summed E-state index contributed by atoms with van der Waals surface area (Å²) in [5.74, 6) is 1.13. The number of carbonyl (C=O) groups is 1. The molecule has 5 heterocycles. The standard InChI is InChI=1S/C31H36N6O4/c1-2-29(39)34-11-13-35(14-12-34)30-24-8-10-37(26-17-22(38)16-21-6-3-4-7-23(21)26)18-25(24)32-31(33-30)40-15-5-9-36-19-28-27(36)20-41-28/h2-4,6-7,16-17,27-28,38H,1,5,8-15,18-20H2/t27?,28-/m0/s1. The van der Waals surface area contributed by atoms with Gasteiger partial charge in [0.15, 0.2) is 0 Å². The lowest BCUT2D eigenvalue weighted by Gasteiger charge is -2.55. The number of hydrogen-bond acceptors (Lipinski definition) is 9. The minimum Gasteiger partial charge on any atom is -0.508 e. The number of aromatic nitrogens is 2. The summed E-state index contributed by atoms with van der Waals surface area (Å²) in [6.45, 7) is 11.1. The average molecular weight is 557 g/mol. The van der Waals surface area contributed by atoms with Crippen LogP contribution in [0.15, 0.2) is 49.1 Å². The van der Waals surface area contributed by atoms with Crippen LogP contribution >= 0.6 is 0 Å². The first-order valence-electron chi connectivity index (χ1n) is 14.6. The lowest BCUT2D eigenvalue weighted by Crippen LogP contribution is -2.70. The average Bonchev–Trinajstić information content (AvgIpc) is 2.99. The van der Waals surface area contributed by atoms with Crippen LogP contribution < -0.4 is 14.5 Å². The Morgan fingerprint density at radius 1 is 1.12 bits per heavy atom. The third-order valence-corrected chi connectivity index (χ3v) is 8.87. The van der Waals surface area contributed by atoms with Gasteiger partial charge in [-0.3, -0.25) is 9.69 Å².